The first-order valence-electron chi connectivity index (χ1n) is 7.50. The molecule has 1 aliphatic rings. The Morgan fingerprint density at radius 1 is 1.42 bits per heavy atom. The van der Waals surface area contributed by atoms with Gasteiger partial charge < -0.3 is 5.73 Å². The Kier molecular flexibility index (Phi) is 5.04. The van der Waals surface area contributed by atoms with Crippen LogP contribution in [0.5, 0.6) is 0 Å². The molecule has 1 heterocycles. The molecule has 0 aromatic carbocycles. The van der Waals surface area contributed by atoms with Crippen LogP contribution >= 0.6 is 11.3 Å². The van der Waals surface area contributed by atoms with Gasteiger partial charge in [0.2, 0.25) is 0 Å². The zero-order chi connectivity index (χ0) is 13.9. The van der Waals surface area contributed by atoms with E-state index in [0.29, 0.717) is 0 Å². The number of likely N-dealkylation sites (N-methyl/N-ethyl adjacent to an activating group) is 1. The lowest BCUT2D eigenvalue weighted by atomic mass is 9.72. The molecule has 1 aliphatic carbocycles. The van der Waals surface area contributed by atoms with E-state index in [1.54, 1.807) is 11.3 Å². The third-order valence-electron chi connectivity index (χ3n) is 5.09. The summed E-state index contributed by atoms with van der Waals surface area (Å²) in [5.41, 5.74) is 7.80. The molecule has 3 heteroatoms. The predicted octanol–water partition coefficient (Wildman–Crippen LogP) is 3.72. The minimum absolute atomic E-state index is 0.229. The van der Waals surface area contributed by atoms with Gasteiger partial charge in [0, 0.05) is 18.6 Å². The van der Waals surface area contributed by atoms with E-state index < -0.39 is 0 Å². The topological polar surface area (TPSA) is 29.3 Å². The van der Waals surface area contributed by atoms with Gasteiger partial charge in [-0.2, -0.15) is 11.3 Å². The van der Waals surface area contributed by atoms with Crippen molar-refractivity contribution in [1.29, 1.82) is 0 Å². The second kappa shape index (κ2) is 6.38. The van der Waals surface area contributed by atoms with E-state index in [-0.39, 0.29) is 5.54 Å². The van der Waals surface area contributed by atoms with Gasteiger partial charge in [0.25, 0.3) is 0 Å². The van der Waals surface area contributed by atoms with Crippen molar-refractivity contribution in [2.45, 2.75) is 51.6 Å². The molecule has 108 valence electrons. The summed E-state index contributed by atoms with van der Waals surface area (Å²) in [6.07, 6.45) is 5.19. The van der Waals surface area contributed by atoms with Crippen LogP contribution in [-0.2, 0) is 6.54 Å². The molecular formula is C16H28N2S. The van der Waals surface area contributed by atoms with Crippen molar-refractivity contribution in [3.63, 3.8) is 0 Å². The van der Waals surface area contributed by atoms with E-state index in [2.05, 4.69) is 42.6 Å². The predicted molar refractivity (Wildman–Crippen MR) is 84.4 cm³/mol. The van der Waals surface area contributed by atoms with E-state index >= 15 is 0 Å². The van der Waals surface area contributed by atoms with Crippen LogP contribution in [0.25, 0.3) is 0 Å². The van der Waals surface area contributed by atoms with Crippen LogP contribution in [0.15, 0.2) is 16.8 Å². The van der Waals surface area contributed by atoms with Gasteiger partial charge in [-0.05, 0) is 67.0 Å². The van der Waals surface area contributed by atoms with E-state index in [0.717, 1.165) is 24.9 Å². The molecule has 1 aromatic heterocycles. The van der Waals surface area contributed by atoms with Gasteiger partial charge in [0.05, 0.1) is 0 Å². The minimum Gasteiger partial charge on any atom is -0.329 e. The number of hydrogen-bond donors (Lipinski definition) is 1. The zero-order valence-corrected chi connectivity index (χ0v) is 13.4. The summed E-state index contributed by atoms with van der Waals surface area (Å²) in [6.45, 7) is 6.54. The summed E-state index contributed by atoms with van der Waals surface area (Å²) in [4.78, 5) is 2.51. The van der Waals surface area contributed by atoms with Crippen molar-refractivity contribution in [1.82, 2.24) is 4.90 Å². The number of thiophene rings is 1. The van der Waals surface area contributed by atoms with Crippen LogP contribution in [0.1, 0.15) is 45.1 Å². The lowest BCUT2D eigenvalue weighted by Gasteiger charge is -2.46. The number of nitrogens with zero attached hydrogens (tertiary/aromatic N) is 1. The number of rotatable bonds is 5. The largest absolute Gasteiger partial charge is 0.329 e. The van der Waals surface area contributed by atoms with Gasteiger partial charge in [-0.3, -0.25) is 4.90 Å². The monoisotopic (exact) mass is 280 g/mol. The van der Waals surface area contributed by atoms with Crippen molar-refractivity contribution < 1.29 is 0 Å². The van der Waals surface area contributed by atoms with Gasteiger partial charge in [0.1, 0.15) is 0 Å². The average Bonchev–Trinajstić information content (AvgIpc) is 2.91. The third-order valence-corrected chi connectivity index (χ3v) is 5.83. The maximum Gasteiger partial charge on any atom is 0.0332 e. The van der Waals surface area contributed by atoms with Crippen molar-refractivity contribution in [2.24, 2.45) is 17.6 Å². The Morgan fingerprint density at radius 3 is 2.58 bits per heavy atom. The summed E-state index contributed by atoms with van der Waals surface area (Å²) in [5, 5.41) is 4.41. The molecule has 0 saturated heterocycles. The molecule has 0 radical (unpaired) electrons. The van der Waals surface area contributed by atoms with E-state index in [1.807, 2.05) is 0 Å². The van der Waals surface area contributed by atoms with Crippen LogP contribution in [0.2, 0.25) is 0 Å². The first kappa shape index (κ1) is 15.0. The van der Waals surface area contributed by atoms with E-state index in [4.69, 9.17) is 5.73 Å². The van der Waals surface area contributed by atoms with Gasteiger partial charge in [-0.15, -0.1) is 0 Å². The van der Waals surface area contributed by atoms with Crippen molar-refractivity contribution in [3.8, 4) is 0 Å². The zero-order valence-electron chi connectivity index (χ0n) is 12.6. The van der Waals surface area contributed by atoms with E-state index in [1.165, 1.54) is 31.2 Å². The lowest BCUT2D eigenvalue weighted by molar-refractivity contribution is 0.0498. The Labute approximate surface area is 122 Å². The Bertz CT molecular complexity index is 364. The Balaban J connectivity index is 1.99. The maximum atomic E-state index is 6.15. The van der Waals surface area contributed by atoms with Gasteiger partial charge in [-0.25, -0.2) is 0 Å². The fourth-order valence-electron chi connectivity index (χ4n) is 3.41. The Hall–Kier alpha value is -0.380. The lowest BCUT2D eigenvalue weighted by Crippen LogP contribution is -2.54. The van der Waals surface area contributed by atoms with Gasteiger partial charge in [0.15, 0.2) is 0 Å². The number of nitrogens with two attached hydrogens (primary N) is 1. The van der Waals surface area contributed by atoms with Crippen LogP contribution < -0.4 is 5.73 Å². The highest BCUT2D eigenvalue weighted by Crippen LogP contribution is 2.38. The van der Waals surface area contributed by atoms with Crippen LogP contribution in [0, 0.1) is 11.8 Å². The highest BCUT2D eigenvalue weighted by atomic mass is 32.1. The summed E-state index contributed by atoms with van der Waals surface area (Å²) < 4.78 is 0. The summed E-state index contributed by atoms with van der Waals surface area (Å²) in [6, 6.07) is 2.23. The quantitative estimate of drug-likeness (QED) is 0.890. The second-order valence-corrected chi connectivity index (χ2v) is 7.28. The summed E-state index contributed by atoms with van der Waals surface area (Å²) in [7, 11) is 2.25. The third kappa shape index (κ3) is 3.39. The first-order valence-corrected chi connectivity index (χ1v) is 8.44. The summed E-state index contributed by atoms with van der Waals surface area (Å²) in [5.74, 6) is 1.71. The molecule has 0 spiro atoms. The highest BCUT2D eigenvalue weighted by molar-refractivity contribution is 7.07. The first-order chi connectivity index (χ1) is 9.07. The van der Waals surface area contributed by atoms with E-state index in [9.17, 15) is 0 Å². The molecule has 19 heavy (non-hydrogen) atoms. The highest BCUT2D eigenvalue weighted by Gasteiger charge is 2.38. The normalized spacial score (nSPS) is 28.2. The molecule has 2 nitrogen and oxygen atoms in total. The smallest absolute Gasteiger partial charge is 0.0332 e. The molecule has 0 unspecified atom stereocenters. The van der Waals surface area contributed by atoms with Crippen LogP contribution in [0.3, 0.4) is 0 Å². The molecule has 2 rings (SSSR count). The maximum absolute atomic E-state index is 6.15. The standard InChI is InChI=1S/C16H28N2S/c1-13(2)15-4-7-16(12-17,8-5-15)18(3)10-14-6-9-19-11-14/h6,9,11,13,15H,4-5,7-8,10,12,17H2,1-3H3. The summed E-state index contributed by atoms with van der Waals surface area (Å²) >= 11 is 1.78. The molecule has 0 bridgehead atoms. The molecule has 1 saturated carbocycles. The SMILES string of the molecule is CC(C)C1CCC(CN)(N(C)Cc2ccsc2)CC1. The molecule has 1 aromatic rings. The second-order valence-electron chi connectivity index (χ2n) is 6.50. The van der Waals surface area contributed by atoms with Gasteiger partial charge in [-0.1, -0.05) is 13.8 Å². The van der Waals surface area contributed by atoms with Gasteiger partial charge >= 0.3 is 0 Å². The average molecular weight is 280 g/mol. The number of hydrogen-bond acceptors (Lipinski definition) is 3. The van der Waals surface area contributed by atoms with Crippen molar-refractivity contribution in [3.05, 3.63) is 22.4 Å². The molecule has 0 aliphatic heterocycles. The fraction of sp³-hybridized carbons (Fsp3) is 0.750. The van der Waals surface area contributed by atoms with Crippen LogP contribution in [0.4, 0.5) is 0 Å². The van der Waals surface area contributed by atoms with Crippen molar-refractivity contribution in [2.75, 3.05) is 13.6 Å². The minimum atomic E-state index is 0.229. The van der Waals surface area contributed by atoms with Crippen LogP contribution in [-0.4, -0.2) is 24.0 Å². The molecule has 1 fully saturated rings. The Morgan fingerprint density at radius 2 is 2.11 bits per heavy atom. The molecule has 0 atom stereocenters. The van der Waals surface area contributed by atoms with Crippen molar-refractivity contribution >= 4 is 11.3 Å². The molecule has 0 amide bonds. The fourth-order valence-corrected chi connectivity index (χ4v) is 4.07. The molecular weight excluding hydrogens is 252 g/mol. The molecule has 2 N–H and O–H groups in total.